The third-order valence-corrected chi connectivity index (χ3v) is 3.26. The molecule has 1 aromatic heterocycles. The number of imidazole rings is 1. The van der Waals surface area contributed by atoms with Gasteiger partial charge in [0.25, 0.3) is 0 Å². The van der Waals surface area contributed by atoms with Gasteiger partial charge in [0.15, 0.2) is 0 Å². The van der Waals surface area contributed by atoms with E-state index in [1.165, 1.54) is 12.1 Å². The molecule has 90 valence electrons. The van der Waals surface area contributed by atoms with Gasteiger partial charge < -0.3 is 0 Å². The number of rotatable bonds is 3. The lowest BCUT2D eigenvalue weighted by Gasteiger charge is -2.06. The van der Waals surface area contributed by atoms with Gasteiger partial charge in [-0.05, 0) is 19.1 Å². The Bertz CT molecular complexity index is 619. The molecule has 0 atom stereocenters. The fourth-order valence-electron chi connectivity index (χ4n) is 1.18. The standard InChI is InChI=1S/C10H9FN2O3S/c1-8-2-4-9(5-3-8)17(14,15)16-13-7-6-12-10(13)11/h2-7H,1H3. The van der Waals surface area contributed by atoms with Crippen LogP contribution in [0.25, 0.3) is 0 Å². The monoisotopic (exact) mass is 256 g/mol. The maximum Gasteiger partial charge on any atom is 0.357 e. The van der Waals surface area contributed by atoms with Crippen LogP contribution in [0.15, 0.2) is 41.6 Å². The highest BCUT2D eigenvalue weighted by Crippen LogP contribution is 2.11. The van der Waals surface area contributed by atoms with Crippen molar-refractivity contribution >= 4 is 10.1 Å². The molecule has 0 fully saturated rings. The molecule has 2 aromatic rings. The van der Waals surface area contributed by atoms with Crippen LogP contribution in [-0.2, 0) is 10.1 Å². The lowest BCUT2D eigenvalue weighted by Crippen LogP contribution is -2.21. The highest BCUT2D eigenvalue weighted by Gasteiger charge is 2.18. The first-order valence-electron chi connectivity index (χ1n) is 4.69. The molecular formula is C10H9FN2O3S. The van der Waals surface area contributed by atoms with E-state index >= 15 is 0 Å². The minimum atomic E-state index is -4.04. The van der Waals surface area contributed by atoms with Gasteiger partial charge in [0.05, 0.1) is 12.4 Å². The lowest BCUT2D eigenvalue weighted by atomic mass is 10.2. The zero-order valence-electron chi connectivity index (χ0n) is 8.87. The minimum Gasteiger partial charge on any atom is -0.280 e. The lowest BCUT2D eigenvalue weighted by molar-refractivity contribution is 0.226. The van der Waals surface area contributed by atoms with Crippen LogP contribution in [-0.4, -0.2) is 18.1 Å². The molecular weight excluding hydrogens is 247 g/mol. The highest BCUT2D eigenvalue weighted by atomic mass is 32.2. The largest absolute Gasteiger partial charge is 0.357 e. The second kappa shape index (κ2) is 4.17. The minimum absolute atomic E-state index is 0.0452. The molecule has 2 rings (SSSR count). The molecule has 1 heterocycles. The number of aromatic nitrogens is 2. The molecule has 0 amide bonds. The maximum absolute atomic E-state index is 12.9. The molecule has 0 spiro atoms. The van der Waals surface area contributed by atoms with E-state index in [1.807, 2.05) is 6.92 Å². The molecule has 5 nitrogen and oxygen atoms in total. The Hall–Kier alpha value is -1.89. The van der Waals surface area contributed by atoms with Crippen molar-refractivity contribution in [1.82, 2.24) is 9.71 Å². The van der Waals surface area contributed by atoms with Gasteiger partial charge in [0.2, 0.25) is 0 Å². The van der Waals surface area contributed by atoms with Crippen molar-refractivity contribution in [2.75, 3.05) is 0 Å². The summed E-state index contributed by atoms with van der Waals surface area (Å²) in [5.74, 6) is 0. The number of hydrogen-bond acceptors (Lipinski definition) is 4. The molecule has 0 saturated carbocycles. The van der Waals surface area contributed by atoms with Gasteiger partial charge in [-0.15, -0.1) is 4.73 Å². The number of hydrogen-bond donors (Lipinski definition) is 0. The van der Waals surface area contributed by atoms with Crippen LogP contribution in [0.3, 0.4) is 0 Å². The first-order chi connectivity index (χ1) is 7.99. The summed E-state index contributed by atoms with van der Waals surface area (Å²) in [5, 5.41) is 0. The van der Waals surface area contributed by atoms with Crippen LogP contribution in [0.1, 0.15) is 5.56 Å². The van der Waals surface area contributed by atoms with Crippen LogP contribution < -0.4 is 4.28 Å². The van der Waals surface area contributed by atoms with Crippen molar-refractivity contribution in [3.63, 3.8) is 0 Å². The molecule has 0 N–H and O–H groups in total. The molecule has 1 aromatic carbocycles. The van der Waals surface area contributed by atoms with Crippen molar-refractivity contribution in [2.45, 2.75) is 11.8 Å². The molecule has 0 bridgehead atoms. The fourth-order valence-corrected chi connectivity index (χ4v) is 2.06. The van der Waals surface area contributed by atoms with Gasteiger partial charge in [0.1, 0.15) is 4.90 Å². The second-order valence-corrected chi connectivity index (χ2v) is 4.89. The van der Waals surface area contributed by atoms with E-state index in [-0.39, 0.29) is 4.90 Å². The predicted octanol–water partition coefficient (Wildman–Crippen LogP) is 1.15. The molecule has 0 unspecified atom stereocenters. The molecule has 0 aliphatic rings. The van der Waals surface area contributed by atoms with Crippen molar-refractivity contribution < 1.29 is 17.1 Å². The normalized spacial score (nSPS) is 11.4. The van der Waals surface area contributed by atoms with Gasteiger partial charge in [0, 0.05) is 0 Å². The number of nitrogens with zero attached hydrogens (tertiary/aromatic N) is 2. The zero-order valence-corrected chi connectivity index (χ0v) is 9.69. The van der Waals surface area contributed by atoms with E-state index in [1.54, 1.807) is 12.1 Å². The highest BCUT2D eigenvalue weighted by molar-refractivity contribution is 7.87. The van der Waals surface area contributed by atoms with Gasteiger partial charge in [-0.3, -0.25) is 4.28 Å². The van der Waals surface area contributed by atoms with Gasteiger partial charge in [-0.1, -0.05) is 17.7 Å². The van der Waals surface area contributed by atoms with Gasteiger partial charge in [-0.2, -0.15) is 12.8 Å². The summed E-state index contributed by atoms with van der Waals surface area (Å²) in [6, 6.07) is 6.03. The molecule has 17 heavy (non-hydrogen) atoms. The van der Waals surface area contributed by atoms with Crippen LogP contribution >= 0.6 is 0 Å². The van der Waals surface area contributed by atoms with Gasteiger partial charge >= 0.3 is 16.2 Å². The third kappa shape index (κ3) is 2.44. The molecule has 7 heteroatoms. The molecule has 0 saturated heterocycles. The van der Waals surface area contributed by atoms with Crippen molar-refractivity contribution in [1.29, 1.82) is 0 Å². The quantitative estimate of drug-likeness (QED) is 0.826. The van der Waals surface area contributed by atoms with Crippen LogP contribution in [0, 0.1) is 13.0 Å². The van der Waals surface area contributed by atoms with E-state index in [9.17, 15) is 12.8 Å². The average molecular weight is 256 g/mol. The van der Waals surface area contributed by atoms with Crippen LogP contribution in [0.2, 0.25) is 0 Å². The summed E-state index contributed by atoms with van der Waals surface area (Å²) in [5.41, 5.74) is 0.915. The fraction of sp³-hybridized carbons (Fsp3) is 0.100. The maximum atomic E-state index is 12.9. The molecule has 0 radical (unpaired) electrons. The van der Waals surface area contributed by atoms with Crippen molar-refractivity contribution in [3.8, 4) is 0 Å². The third-order valence-electron chi connectivity index (χ3n) is 2.05. The van der Waals surface area contributed by atoms with E-state index in [2.05, 4.69) is 9.27 Å². The summed E-state index contributed by atoms with van der Waals surface area (Å²) in [6.45, 7) is 1.83. The van der Waals surface area contributed by atoms with Crippen LogP contribution in [0.5, 0.6) is 0 Å². The molecule has 0 aliphatic carbocycles. The first-order valence-corrected chi connectivity index (χ1v) is 6.10. The Kier molecular flexibility index (Phi) is 2.84. The smallest absolute Gasteiger partial charge is 0.280 e. The Balaban J connectivity index is 2.31. The Morgan fingerprint density at radius 2 is 1.94 bits per heavy atom. The zero-order chi connectivity index (χ0) is 12.5. The van der Waals surface area contributed by atoms with E-state index in [0.29, 0.717) is 4.73 Å². The van der Waals surface area contributed by atoms with Crippen LogP contribution in [0.4, 0.5) is 4.39 Å². The Morgan fingerprint density at radius 3 is 2.47 bits per heavy atom. The second-order valence-electron chi connectivity index (χ2n) is 3.36. The SMILES string of the molecule is Cc1ccc(S(=O)(=O)On2ccnc2F)cc1. The Labute approximate surface area is 97.6 Å². The summed E-state index contributed by atoms with van der Waals surface area (Å²) in [6.07, 6.45) is 1.14. The Morgan fingerprint density at radius 1 is 1.29 bits per heavy atom. The number of benzene rings is 1. The predicted molar refractivity (Wildman–Crippen MR) is 57.1 cm³/mol. The first kappa shape index (κ1) is 11.6. The number of aryl methyl sites for hydroxylation is 1. The summed E-state index contributed by atoms with van der Waals surface area (Å²) in [7, 11) is -4.04. The van der Waals surface area contributed by atoms with E-state index in [4.69, 9.17) is 0 Å². The summed E-state index contributed by atoms with van der Waals surface area (Å²) >= 11 is 0. The average Bonchev–Trinajstić information content (AvgIpc) is 2.64. The van der Waals surface area contributed by atoms with Crippen molar-refractivity contribution in [2.24, 2.45) is 0 Å². The van der Waals surface area contributed by atoms with Gasteiger partial charge in [-0.25, -0.2) is 4.98 Å². The molecule has 0 aliphatic heterocycles. The summed E-state index contributed by atoms with van der Waals surface area (Å²) < 4.78 is 41.4. The number of halogens is 1. The topological polar surface area (TPSA) is 61.2 Å². The van der Waals surface area contributed by atoms with Crippen molar-refractivity contribution in [3.05, 3.63) is 48.3 Å². The van der Waals surface area contributed by atoms with E-state index in [0.717, 1.165) is 18.0 Å². The summed E-state index contributed by atoms with van der Waals surface area (Å²) in [4.78, 5) is 3.17. The van der Waals surface area contributed by atoms with E-state index < -0.39 is 16.2 Å².